The van der Waals surface area contributed by atoms with E-state index in [0.29, 0.717) is 15.9 Å². The van der Waals surface area contributed by atoms with Crippen LogP contribution in [0.15, 0.2) is 27.6 Å². The molecule has 2 aromatic rings. The lowest BCUT2D eigenvalue weighted by Gasteiger charge is -2.12. The summed E-state index contributed by atoms with van der Waals surface area (Å²) in [5, 5.41) is 4.10. The molecule has 0 unspecified atom stereocenters. The largest absolute Gasteiger partial charge is 0.465 e. The lowest BCUT2D eigenvalue weighted by molar-refractivity contribution is 0.0602. The summed E-state index contributed by atoms with van der Waals surface area (Å²) < 4.78 is 34.6. The molecule has 2 rings (SSSR count). The molecular formula is C14H16BrN3O4S. The van der Waals surface area contributed by atoms with E-state index in [4.69, 9.17) is 4.74 Å². The van der Waals surface area contributed by atoms with Crippen molar-refractivity contribution in [1.29, 1.82) is 0 Å². The molecule has 0 aliphatic heterocycles. The maximum Gasteiger partial charge on any atom is 0.340 e. The molecule has 23 heavy (non-hydrogen) atoms. The van der Waals surface area contributed by atoms with Crippen molar-refractivity contribution in [1.82, 2.24) is 9.78 Å². The van der Waals surface area contributed by atoms with E-state index in [1.807, 2.05) is 0 Å². The number of benzene rings is 1. The van der Waals surface area contributed by atoms with Crippen LogP contribution in [-0.4, -0.2) is 31.3 Å². The van der Waals surface area contributed by atoms with Gasteiger partial charge in [-0.15, -0.1) is 0 Å². The van der Waals surface area contributed by atoms with Crippen LogP contribution in [0.4, 0.5) is 5.69 Å². The van der Waals surface area contributed by atoms with Crippen molar-refractivity contribution in [3.05, 3.63) is 39.6 Å². The second-order valence-electron chi connectivity index (χ2n) is 4.91. The number of sulfonamides is 1. The number of halogens is 1. The maximum atomic E-state index is 12.7. The summed E-state index contributed by atoms with van der Waals surface area (Å²) in [5.74, 6) is -0.636. The predicted molar refractivity (Wildman–Crippen MR) is 89.0 cm³/mol. The van der Waals surface area contributed by atoms with E-state index >= 15 is 0 Å². The van der Waals surface area contributed by atoms with Crippen LogP contribution in [0, 0.1) is 13.8 Å². The molecule has 0 bridgehead atoms. The highest BCUT2D eigenvalue weighted by Crippen LogP contribution is 2.26. The number of rotatable bonds is 4. The van der Waals surface area contributed by atoms with E-state index in [9.17, 15) is 13.2 Å². The third kappa shape index (κ3) is 3.40. The topological polar surface area (TPSA) is 90.3 Å². The molecule has 0 spiro atoms. The van der Waals surface area contributed by atoms with Gasteiger partial charge in [0.2, 0.25) is 0 Å². The van der Waals surface area contributed by atoms with E-state index in [1.54, 1.807) is 27.0 Å². The molecule has 0 saturated heterocycles. The van der Waals surface area contributed by atoms with Crippen LogP contribution in [-0.2, 0) is 21.8 Å². The first-order chi connectivity index (χ1) is 10.7. The van der Waals surface area contributed by atoms with Gasteiger partial charge in [-0.1, -0.05) is 15.9 Å². The molecular weight excluding hydrogens is 386 g/mol. The number of aryl methyl sites for hydroxylation is 2. The number of ether oxygens (including phenoxy) is 1. The molecule has 0 saturated carbocycles. The quantitative estimate of drug-likeness (QED) is 0.794. The number of aromatic nitrogens is 2. The average molecular weight is 402 g/mol. The van der Waals surface area contributed by atoms with Gasteiger partial charge < -0.3 is 4.74 Å². The fourth-order valence-corrected chi connectivity index (χ4v) is 4.10. The van der Waals surface area contributed by atoms with Crippen LogP contribution >= 0.6 is 15.9 Å². The summed E-state index contributed by atoms with van der Waals surface area (Å²) in [6.45, 7) is 3.28. The molecule has 0 aliphatic rings. The third-order valence-electron chi connectivity index (χ3n) is 3.34. The molecule has 1 aromatic heterocycles. The Labute approximate surface area is 142 Å². The van der Waals surface area contributed by atoms with E-state index in [-0.39, 0.29) is 16.1 Å². The first-order valence-electron chi connectivity index (χ1n) is 6.58. The normalized spacial score (nSPS) is 11.3. The number of anilines is 1. The van der Waals surface area contributed by atoms with Crippen LogP contribution in [0.3, 0.4) is 0 Å². The molecule has 0 radical (unpaired) electrons. The van der Waals surface area contributed by atoms with Crippen molar-refractivity contribution in [2.45, 2.75) is 18.7 Å². The first-order valence-corrected chi connectivity index (χ1v) is 8.86. The predicted octanol–water partition coefficient (Wildman–Crippen LogP) is 2.39. The molecule has 124 valence electrons. The summed E-state index contributed by atoms with van der Waals surface area (Å²) in [6.07, 6.45) is 0. The van der Waals surface area contributed by atoms with Crippen molar-refractivity contribution >= 4 is 37.6 Å². The average Bonchev–Trinajstić information content (AvgIpc) is 2.73. The first kappa shape index (κ1) is 17.5. The van der Waals surface area contributed by atoms with Crippen molar-refractivity contribution < 1.29 is 17.9 Å². The smallest absolute Gasteiger partial charge is 0.340 e. The molecule has 0 fully saturated rings. The Morgan fingerprint density at radius 1 is 1.35 bits per heavy atom. The Hall–Kier alpha value is -1.87. The number of nitrogens with zero attached hydrogens (tertiary/aromatic N) is 2. The minimum Gasteiger partial charge on any atom is -0.465 e. The van der Waals surface area contributed by atoms with Gasteiger partial charge in [0.1, 0.15) is 4.90 Å². The van der Waals surface area contributed by atoms with Crippen LogP contribution in [0.5, 0.6) is 0 Å². The van der Waals surface area contributed by atoms with Crippen LogP contribution in [0.25, 0.3) is 0 Å². The number of hydrogen-bond acceptors (Lipinski definition) is 5. The molecule has 1 heterocycles. The molecule has 7 nitrogen and oxygen atoms in total. The third-order valence-corrected chi connectivity index (χ3v) is 5.45. The molecule has 1 aromatic carbocycles. The number of esters is 1. The van der Waals surface area contributed by atoms with Gasteiger partial charge in [0, 0.05) is 11.5 Å². The van der Waals surface area contributed by atoms with Gasteiger partial charge in [0.05, 0.1) is 29.7 Å². The molecule has 9 heteroatoms. The van der Waals surface area contributed by atoms with Gasteiger partial charge in [0.15, 0.2) is 0 Å². The molecule has 0 atom stereocenters. The molecule has 0 aliphatic carbocycles. The van der Waals surface area contributed by atoms with Crippen molar-refractivity contribution in [2.75, 3.05) is 11.8 Å². The van der Waals surface area contributed by atoms with E-state index < -0.39 is 16.0 Å². The van der Waals surface area contributed by atoms with Gasteiger partial charge in [-0.2, -0.15) is 5.10 Å². The minimum atomic E-state index is -3.89. The highest BCUT2D eigenvalue weighted by atomic mass is 79.9. The minimum absolute atomic E-state index is 0.0961. The van der Waals surface area contributed by atoms with Crippen molar-refractivity contribution in [2.24, 2.45) is 7.05 Å². The Morgan fingerprint density at radius 2 is 2.00 bits per heavy atom. The zero-order valence-electron chi connectivity index (χ0n) is 13.0. The number of nitrogens with one attached hydrogen (secondary N) is 1. The second-order valence-corrected chi connectivity index (χ2v) is 7.45. The van der Waals surface area contributed by atoms with E-state index in [2.05, 4.69) is 25.8 Å². The number of hydrogen-bond donors (Lipinski definition) is 1. The van der Waals surface area contributed by atoms with Gasteiger partial charge in [-0.3, -0.25) is 9.40 Å². The van der Waals surface area contributed by atoms with Gasteiger partial charge in [0.25, 0.3) is 10.0 Å². The second kappa shape index (κ2) is 6.32. The lowest BCUT2D eigenvalue weighted by atomic mass is 10.2. The number of carbonyl (C=O) groups excluding carboxylic acids is 1. The van der Waals surface area contributed by atoms with E-state index in [1.165, 1.54) is 23.9 Å². The Kier molecular flexibility index (Phi) is 4.81. The summed E-state index contributed by atoms with van der Waals surface area (Å²) in [6, 6.07) is 4.62. The summed E-state index contributed by atoms with van der Waals surface area (Å²) >= 11 is 3.25. The van der Waals surface area contributed by atoms with Gasteiger partial charge in [-0.25, -0.2) is 13.2 Å². The maximum absolute atomic E-state index is 12.7. The Balaban J connectivity index is 2.52. The number of carbonyl (C=O) groups is 1. The van der Waals surface area contributed by atoms with Crippen LogP contribution in [0.1, 0.15) is 21.7 Å². The fraction of sp³-hybridized carbons (Fsp3) is 0.286. The zero-order valence-corrected chi connectivity index (χ0v) is 15.4. The van der Waals surface area contributed by atoms with Crippen molar-refractivity contribution in [3.63, 3.8) is 0 Å². The SMILES string of the molecule is COC(=O)c1cc(Br)ccc1NS(=O)(=O)c1c(C)nn(C)c1C. The zero-order chi connectivity index (χ0) is 17.4. The highest BCUT2D eigenvalue weighted by molar-refractivity contribution is 9.10. The van der Waals surface area contributed by atoms with E-state index in [0.717, 1.165) is 0 Å². The van der Waals surface area contributed by atoms with Gasteiger partial charge >= 0.3 is 5.97 Å². The fourth-order valence-electron chi connectivity index (χ4n) is 2.22. The standard InChI is InChI=1S/C14H16BrN3O4S/c1-8-13(9(2)18(3)16-8)23(20,21)17-12-6-5-10(15)7-11(12)14(19)22-4/h5-7,17H,1-4H3. The monoisotopic (exact) mass is 401 g/mol. The Morgan fingerprint density at radius 3 is 2.52 bits per heavy atom. The van der Waals surface area contributed by atoms with Crippen LogP contribution < -0.4 is 4.72 Å². The lowest BCUT2D eigenvalue weighted by Crippen LogP contribution is -2.17. The Bertz CT molecular complexity index is 874. The molecule has 1 N–H and O–H groups in total. The summed E-state index contributed by atoms with van der Waals surface area (Å²) in [7, 11) is -0.987. The summed E-state index contributed by atoms with van der Waals surface area (Å²) in [5.41, 5.74) is 1.15. The summed E-state index contributed by atoms with van der Waals surface area (Å²) in [4.78, 5) is 11.9. The van der Waals surface area contributed by atoms with Crippen LogP contribution in [0.2, 0.25) is 0 Å². The van der Waals surface area contributed by atoms with Gasteiger partial charge in [-0.05, 0) is 32.0 Å². The van der Waals surface area contributed by atoms with Crippen molar-refractivity contribution in [3.8, 4) is 0 Å². The molecule has 0 amide bonds. The number of methoxy groups -OCH3 is 1. The highest BCUT2D eigenvalue weighted by Gasteiger charge is 2.25.